The number of ether oxygens (including phenoxy) is 1. The Morgan fingerprint density at radius 1 is 1.28 bits per heavy atom. The van der Waals surface area contributed by atoms with Crippen LogP contribution in [0.25, 0.3) is 22.4 Å². The molecule has 1 aliphatic heterocycles. The van der Waals surface area contributed by atoms with Gasteiger partial charge in [0.25, 0.3) is 0 Å². The average molecular weight is 336 g/mol. The minimum absolute atomic E-state index is 0.0504. The summed E-state index contributed by atoms with van der Waals surface area (Å²) in [6, 6.07) is 8.55. The molecule has 0 N–H and O–H groups in total. The molecule has 0 unspecified atom stereocenters. The Bertz CT molecular complexity index is 1030. The zero-order valence-corrected chi connectivity index (χ0v) is 14.8. The van der Waals surface area contributed by atoms with Crippen LogP contribution in [0.4, 0.5) is 0 Å². The Hall–Kier alpha value is -2.95. The second-order valence-corrected chi connectivity index (χ2v) is 6.27. The van der Waals surface area contributed by atoms with Crippen LogP contribution >= 0.6 is 0 Å². The van der Waals surface area contributed by atoms with Crippen LogP contribution < -0.4 is 5.43 Å². The van der Waals surface area contributed by atoms with Crippen LogP contribution in [-0.2, 0) is 18.2 Å². The highest BCUT2D eigenvalue weighted by Crippen LogP contribution is 2.28. The fraction of sp³-hybridized carbons (Fsp3) is 0.250. The molecule has 0 radical (unpaired) electrons. The van der Waals surface area contributed by atoms with Crippen LogP contribution in [0.1, 0.15) is 29.8 Å². The molecule has 0 saturated heterocycles. The fourth-order valence-corrected chi connectivity index (χ4v) is 2.94. The first-order valence-electron chi connectivity index (χ1n) is 8.06. The van der Waals surface area contributed by atoms with Crippen molar-refractivity contribution < 1.29 is 9.53 Å². The summed E-state index contributed by atoms with van der Waals surface area (Å²) in [5.41, 5.74) is 5.20. The summed E-state index contributed by atoms with van der Waals surface area (Å²) in [5.74, 6) is -0.427. The number of aryl methyl sites for hydroxylation is 1. The van der Waals surface area contributed by atoms with E-state index in [2.05, 4.69) is 6.08 Å². The summed E-state index contributed by atoms with van der Waals surface area (Å²) in [5, 5.41) is 0. The van der Waals surface area contributed by atoms with E-state index in [1.54, 1.807) is 24.3 Å². The van der Waals surface area contributed by atoms with Gasteiger partial charge in [-0.1, -0.05) is 17.7 Å². The standard InChI is InChI=1S/C20H20N2O3/c1-12(2)8-9-13-10-14(23)11-17-18(13)21-19-15(20(24)25-4)6-5-7-16(19)22(17)3/h5-8,10-11H,9H2,1-4H3. The van der Waals surface area contributed by atoms with E-state index >= 15 is 0 Å². The minimum Gasteiger partial charge on any atom is -0.465 e. The second kappa shape index (κ2) is 6.51. The van der Waals surface area contributed by atoms with Gasteiger partial charge in [0.05, 0.1) is 29.6 Å². The third-order valence-electron chi connectivity index (χ3n) is 4.24. The lowest BCUT2D eigenvalue weighted by molar-refractivity contribution is 0.0602. The first-order valence-corrected chi connectivity index (χ1v) is 8.06. The molecule has 3 rings (SSSR count). The molecular weight excluding hydrogens is 316 g/mol. The SMILES string of the molecule is COC(=O)c1cccc2c1nc1c(CC=C(C)C)cc(=O)cc-1n2C. The van der Waals surface area contributed by atoms with E-state index in [0.717, 1.165) is 22.5 Å². The maximum absolute atomic E-state index is 12.1. The van der Waals surface area contributed by atoms with Gasteiger partial charge in [0.1, 0.15) is 5.52 Å². The predicted octanol–water partition coefficient (Wildman–Crippen LogP) is 3.33. The lowest BCUT2D eigenvalue weighted by Crippen LogP contribution is -2.13. The van der Waals surface area contributed by atoms with Gasteiger partial charge in [-0.2, -0.15) is 0 Å². The molecule has 0 amide bonds. The van der Waals surface area contributed by atoms with Crippen molar-refractivity contribution in [2.24, 2.45) is 7.05 Å². The summed E-state index contributed by atoms with van der Waals surface area (Å²) in [7, 11) is 3.23. The number of carbonyl (C=O) groups is 1. The third-order valence-corrected chi connectivity index (χ3v) is 4.24. The largest absolute Gasteiger partial charge is 0.465 e. The Kier molecular flexibility index (Phi) is 4.40. The van der Waals surface area contributed by atoms with Crippen LogP contribution in [0.3, 0.4) is 0 Å². The van der Waals surface area contributed by atoms with E-state index in [1.807, 2.05) is 31.5 Å². The van der Waals surface area contributed by atoms with E-state index in [0.29, 0.717) is 17.5 Å². The summed E-state index contributed by atoms with van der Waals surface area (Å²) in [6.07, 6.45) is 2.68. The lowest BCUT2D eigenvalue weighted by Gasteiger charge is -2.18. The number of para-hydroxylation sites is 1. The molecule has 25 heavy (non-hydrogen) atoms. The van der Waals surface area contributed by atoms with Gasteiger partial charge in [-0.3, -0.25) is 4.79 Å². The molecule has 0 fully saturated rings. The lowest BCUT2D eigenvalue weighted by atomic mass is 10.0. The van der Waals surface area contributed by atoms with Gasteiger partial charge in [0, 0.05) is 13.1 Å². The van der Waals surface area contributed by atoms with Crippen molar-refractivity contribution in [3.8, 4) is 11.4 Å². The van der Waals surface area contributed by atoms with Gasteiger partial charge in [0.2, 0.25) is 0 Å². The number of hydrogen-bond acceptors (Lipinski definition) is 4. The first kappa shape index (κ1) is 16.9. The topological polar surface area (TPSA) is 61.2 Å². The van der Waals surface area contributed by atoms with Gasteiger partial charge in [0.15, 0.2) is 5.43 Å². The highest BCUT2D eigenvalue weighted by molar-refractivity contribution is 6.02. The van der Waals surface area contributed by atoms with Crippen LogP contribution in [-0.4, -0.2) is 22.6 Å². The van der Waals surface area contributed by atoms with Crippen LogP contribution in [0, 0.1) is 0 Å². The summed E-state index contributed by atoms with van der Waals surface area (Å²) in [6.45, 7) is 4.03. The third kappa shape index (κ3) is 3.05. The van der Waals surface area contributed by atoms with Crippen molar-refractivity contribution in [1.29, 1.82) is 0 Å². The number of hydrogen-bond donors (Lipinski definition) is 0. The maximum Gasteiger partial charge on any atom is 0.340 e. The number of allylic oxidation sites excluding steroid dienone is 2. The van der Waals surface area contributed by atoms with Gasteiger partial charge < -0.3 is 9.30 Å². The number of nitrogens with zero attached hydrogens (tertiary/aromatic N) is 2. The summed E-state index contributed by atoms with van der Waals surface area (Å²) >= 11 is 0. The van der Waals surface area contributed by atoms with Gasteiger partial charge in [-0.05, 0) is 44.0 Å². The number of carbonyl (C=O) groups excluding carboxylic acids is 1. The van der Waals surface area contributed by atoms with E-state index in [4.69, 9.17) is 9.72 Å². The Morgan fingerprint density at radius 2 is 2.04 bits per heavy atom. The van der Waals surface area contributed by atoms with E-state index in [-0.39, 0.29) is 5.43 Å². The highest BCUT2D eigenvalue weighted by atomic mass is 16.5. The Balaban J connectivity index is 2.39. The number of esters is 1. The molecule has 1 aromatic rings. The molecule has 0 atom stereocenters. The predicted molar refractivity (Wildman–Crippen MR) is 98.1 cm³/mol. The number of fused-ring (bicyclic) bond motifs is 2. The average Bonchev–Trinajstić information content (AvgIpc) is 2.59. The van der Waals surface area contributed by atoms with E-state index in [9.17, 15) is 9.59 Å². The van der Waals surface area contributed by atoms with Crippen molar-refractivity contribution in [2.45, 2.75) is 20.3 Å². The summed E-state index contributed by atoms with van der Waals surface area (Å²) in [4.78, 5) is 29.0. The molecule has 2 aliphatic rings. The van der Waals surface area contributed by atoms with Crippen LogP contribution in [0.2, 0.25) is 0 Å². The molecular formula is C20H20N2O3. The number of methoxy groups -OCH3 is 1. The zero-order valence-electron chi connectivity index (χ0n) is 14.8. The second-order valence-electron chi connectivity index (χ2n) is 6.27. The van der Waals surface area contributed by atoms with Gasteiger partial charge >= 0.3 is 5.97 Å². The van der Waals surface area contributed by atoms with E-state index in [1.165, 1.54) is 12.7 Å². The molecule has 1 heterocycles. The molecule has 0 aromatic heterocycles. The van der Waals surface area contributed by atoms with E-state index < -0.39 is 5.97 Å². The fourth-order valence-electron chi connectivity index (χ4n) is 2.94. The smallest absolute Gasteiger partial charge is 0.340 e. The van der Waals surface area contributed by atoms with Gasteiger partial charge in [-0.25, -0.2) is 9.78 Å². The van der Waals surface area contributed by atoms with Gasteiger partial charge in [-0.15, -0.1) is 0 Å². The minimum atomic E-state index is -0.427. The van der Waals surface area contributed by atoms with Crippen molar-refractivity contribution >= 4 is 17.0 Å². The molecule has 128 valence electrons. The van der Waals surface area contributed by atoms with Crippen LogP contribution in [0.15, 0.2) is 46.8 Å². The molecule has 5 heteroatoms. The quantitative estimate of drug-likeness (QED) is 0.418. The van der Waals surface area contributed by atoms with Crippen molar-refractivity contribution in [3.05, 3.63) is 63.3 Å². The molecule has 1 aromatic carbocycles. The first-order chi connectivity index (χ1) is 11.9. The number of benzene rings is 2. The highest BCUT2D eigenvalue weighted by Gasteiger charge is 2.19. The normalized spacial score (nSPS) is 10.9. The monoisotopic (exact) mass is 336 g/mol. The molecule has 5 nitrogen and oxygen atoms in total. The Morgan fingerprint density at radius 3 is 2.72 bits per heavy atom. The summed E-state index contributed by atoms with van der Waals surface area (Å²) < 4.78 is 6.78. The molecule has 1 aliphatic carbocycles. The number of rotatable bonds is 3. The van der Waals surface area contributed by atoms with Crippen molar-refractivity contribution in [2.75, 3.05) is 7.11 Å². The van der Waals surface area contributed by atoms with Crippen LogP contribution in [0.5, 0.6) is 0 Å². The molecule has 0 bridgehead atoms. The molecule has 0 spiro atoms. The zero-order chi connectivity index (χ0) is 18.1. The van der Waals surface area contributed by atoms with Crippen molar-refractivity contribution in [3.63, 3.8) is 0 Å². The maximum atomic E-state index is 12.1. The Labute approximate surface area is 145 Å². The number of aromatic nitrogens is 2. The molecule has 0 saturated carbocycles. The van der Waals surface area contributed by atoms with Crippen molar-refractivity contribution in [1.82, 2.24) is 9.55 Å².